The smallest absolute Gasteiger partial charge is 0.223 e. The van der Waals surface area contributed by atoms with Crippen LogP contribution in [0, 0.1) is 11.8 Å². The first kappa shape index (κ1) is 19.8. The lowest BCUT2D eigenvalue weighted by Crippen LogP contribution is -2.43. The second-order valence-corrected chi connectivity index (χ2v) is 7.33. The van der Waals surface area contributed by atoms with Gasteiger partial charge in [-0.2, -0.15) is 0 Å². The number of aromatic nitrogens is 1. The van der Waals surface area contributed by atoms with E-state index in [9.17, 15) is 9.59 Å². The van der Waals surface area contributed by atoms with E-state index in [-0.39, 0.29) is 23.7 Å². The van der Waals surface area contributed by atoms with Crippen LogP contribution >= 0.6 is 0 Å². The van der Waals surface area contributed by atoms with E-state index in [2.05, 4.69) is 20.5 Å². The molecule has 1 aliphatic carbocycles. The predicted octanol–water partition coefficient (Wildman–Crippen LogP) is 0.953. The number of ether oxygens (including phenoxy) is 1. The van der Waals surface area contributed by atoms with Crippen molar-refractivity contribution in [3.8, 4) is 0 Å². The molecule has 27 heavy (non-hydrogen) atoms. The largest absolute Gasteiger partial charge is 0.379 e. The Labute approximate surface area is 160 Å². The lowest BCUT2D eigenvalue weighted by atomic mass is 9.81. The number of pyridine rings is 1. The minimum atomic E-state index is 0.00566. The Balaban J connectivity index is 1.31. The van der Waals surface area contributed by atoms with E-state index in [4.69, 9.17) is 4.74 Å². The molecule has 1 aromatic heterocycles. The van der Waals surface area contributed by atoms with E-state index in [1.807, 2.05) is 18.2 Å². The van der Waals surface area contributed by atoms with Crippen molar-refractivity contribution >= 4 is 11.8 Å². The summed E-state index contributed by atoms with van der Waals surface area (Å²) in [5, 5.41) is 6.03. The van der Waals surface area contributed by atoms with Gasteiger partial charge in [0.15, 0.2) is 0 Å². The molecule has 7 nitrogen and oxygen atoms in total. The number of hydrogen-bond donors (Lipinski definition) is 2. The van der Waals surface area contributed by atoms with Crippen molar-refractivity contribution in [1.29, 1.82) is 0 Å². The van der Waals surface area contributed by atoms with Crippen molar-refractivity contribution in [3.05, 3.63) is 30.1 Å². The maximum atomic E-state index is 12.4. The molecule has 2 heterocycles. The van der Waals surface area contributed by atoms with Crippen molar-refractivity contribution < 1.29 is 14.3 Å². The fraction of sp³-hybridized carbons (Fsp3) is 0.650. The minimum Gasteiger partial charge on any atom is -0.379 e. The van der Waals surface area contributed by atoms with Crippen molar-refractivity contribution in [3.63, 3.8) is 0 Å². The summed E-state index contributed by atoms with van der Waals surface area (Å²) in [5.74, 6) is 0.253. The van der Waals surface area contributed by atoms with E-state index < -0.39 is 0 Å². The van der Waals surface area contributed by atoms with Crippen LogP contribution in [0.5, 0.6) is 0 Å². The molecule has 2 aliphatic rings. The predicted molar refractivity (Wildman–Crippen MR) is 102 cm³/mol. The normalized spacial score (nSPS) is 23.6. The van der Waals surface area contributed by atoms with Crippen LogP contribution in [-0.4, -0.2) is 61.1 Å². The zero-order chi connectivity index (χ0) is 18.9. The Hall–Kier alpha value is -1.99. The zero-order valence-corrected chi connectivity index (χ0v) is 15.9. The fourth-order valence-electron chi connectivity index (χ4n) is 3.75. The van der Waals surface area contributed by atoms with Crippen LogP contribution in [0.25, 0.3) is 0 Å². The Kier molecular flexibility index (Phi) is 7.59. The molecule has 0 unspecified atom stereocenters. The van der Waals surface area contributed by atoms with E-state index >= 15 is 0 Å². The van der Waals surface area contributed by atoms with Gasteiger partial charge in [-0.25, -0.2) is 0 Å². The van der Waals surface area contributed by atoms with Crippen LogP contribution in [0.2, 0.25) is 0 Å². The number of carbonyl (C=O) groups is 2. The maximum Gasteiger partial charge on any atom is 0.223 e. The van der Waals surface area contributed by atoms with E-state index in [0.717, 1.165) is 64.2 Å². The summed E-state index contributed by atoms with van der Waals surface area (Å²) in [6.07, 6.45) is 4.84. The Bertz CT molecular complexity index is 597. The molecule has 1 aromatic rings. The molecule has 7 heteroatoms. The van der Waals surface area contributed by atoms with Gasteiger partial charge in [-0.3, -0.25) is 19.5 Å². The number of hydrogen-bond acceptors (Lipinski definition) is 5. The molecular weight excluding hydrogens is 344 g/mol. The molecule has 0 spiro atoms. The topological polar surface area (TPSA) is 83.6 Å². The first-order valence-corrected chi connectivity index (χ1v) is 9.98. The molecular formula is C20H30N4O3. The van der Waals surface area contributed by atoms with Gasteiger partial charge in [-0.15, -0.1) is 0 Å². The summed E-state index contributed by atoms with van der Waals surface area (Å²) in [5.41, 5.74) is 0.860. The van der Waals surface area contributed by atoms with E-state index in [0.29, 0.717) is 13.1 Å². The van der Waals surface area contributed by atoms with Crippen molar-refractivity contribution in [1.82, 2.24) is 20.5 Å². The maximum absolute atomic E-state index is 12.4. The average molecular weight is 374 g/mol. The number of amides is 2. The van der Waals surface area contributed by atoms with Crippen LogP contribution in [-0.2, 0) is 20.9 Å². The minimum absolute atomic E-state index is 0.00566. The molecule has 0 aromatic carbocycles. The summed E-state index contributed by atoms with van der Waals surface area (Å²) in [6.45, 7) is 5.45. The number of morpholine rings is 1. The molecule has 2 N–H and O–H groups in total. The van der Waals surface area contributed by atoms with Gasteiger partial charge in [0.25, 0.3) is 0 Å². The molecule has 148 valence electrons. The molecule has 3 rings (SSSR count). The van der Waals surface area contributed by atoms with Gasteiger partial charge in [0.2, 0.25) is 11.8 Å². The van der Waals surface area contributed by atoms with Crippen LogP contribution in [0.3, 0.4) is 0 Å². The van der Waals surface area contributed by atoms with Gasteiger partial charge in [0, 0.05) is 44.2 Å². The third-order valence-corrected chi connectivity index (χ3v) is 5.47. The van der Waals surface area contributed by atoms with Crippen LogP contribution in [0.15, 0.2) is 24.4 Å². The van der Waals surface area contributed by atoms with Crippen LogP contribution in [0.4, 0.5) is 0 Å². The highest BCUT2D eigenvalue weighted by Crippen LogP contribution is 2.29. The Morgan fingerprint density at radius 3 is 2.33 bits per heavy atom. The third-order valence-electron chi connectivity index (χ3n) is 5.47. The lowest BCUT2D eigenvalue weighted by Gasteiger charge is -2.28. The quantitative estimate of drug-likeness (QED) is 0.743. The molecule has 0 bridgehead atoms. The zero-order valence-electron chi connectivity index (χ0n) is 15.9. The van der Waals surface area contributed by atoms with Gasteiger partial charge in [-0.1, -0.05) is 6.07 Å². The second-order valence-electron chi connectivity index (χ2n) is 7.33. The van der Waals surface area contributed by atoms with Crippen molar-refractivity contribution in [2.45, 2.75) is 32.2 Å². The standard InChI is InChI=1S/C20H30N4O3/c25-19(22-9-10-24-11-13-27-14-12-24)16-4-6-17(7-5-16)20(26)23-15-18-3-1-2-8-21-18/h1-3,8,16-17H,4-7,9-15H2,(H,22,25)(H,23,26). The number of carbonyl (C=O) groups excluding carboxylic acids is 2. The highest BCUT2D eigenvalue weighted by Gasteiger charge is 2.29. The van der Waals surface area contributed by atoms with E-state index in [1.54, 1.807) is 6.20 Å². The van der Waals surface area contributed by atoms with Gasteiger partial charge >= 0.3 is 0 Å². The highest BCUT2D eigenvalue weighted by molar-refractivity contribution is 5.81. The lowest BCUT2D eigenvalue weighted by molar-refractivity contribution is -0.130. The monoisotopic (exact) mass is 374 g/mol. The van der Waals surface area contributed by atoms with Gasteiger partial charge in [0.1, 0.15) is 0 Å². The number of nitrogens with one attached hydrogen (secondary N) is 2. The molecule has 2 fully saturated rings. The Morgan fingerprint density at radius 2 is 1.70 bits per heavy atom. The first-order chi connectivity index (χ1) is 13.2. The molecule has 1 saturated heterocycles. The molecule has 2 amide bonds. The van der Waals surface area contributed by atoms with Gasteiger partial charge in [-0.05, 0) is 37.8 Å². The average Bonchev–Trinajstić information content (AvgIpc) is 2.73. The molecule has 0 radical (unpaired) electrons. The Morgan fingerprint density at radius 1 is 1.04 bits per heavy atom. The van der Waals surface area contributed by atoms with Crippen molar-refractivity contribution in [2.24, 2.45) is 11.8 Å². The summed E-state index contributed by atoms with van der Waals surface area (Å²) < 4.78 is 5.33. The highest BCUT2D eigenvalue weighted by atomic mass is 16.5. The van der Waals surface area contributed by atoms with E-state index in [1.165, 1.54) is 0 Å². The third kappa shape index (κ3) is 6.29. The van der Waals surface area contributed by atoms with Crippen molar-refractivity contribution in [2.75, 3.05) is 39.4 Å². The van der Waals surface area contributed by atoms with Gasteiger partial charge < -0.3 is 15.4 Å². The number of rotatable bonds is 7. The molecule has 1 saturated carbocycles. The SMILES string of the molecule is O=C(NCCN1CCOCC1)C1CCC(C(=O)NCc2ccccn2)CC1. The summed E-state index contributed by atoms with van der Waals surface area (Å²) >= 11 is 0. The molecule has 0 atom stereocenters. The van der Waals surface area contributed by atoms with Crippen LogP contribution < -0.4 is 10.6 Å². The fourth-order valence-corrected chi connectivity index (χ4v) is 3.75. The van der Waals surface area contributed by atoms with Crippen LogP contribution in [0.1, 0.15) is 31.4 Å². The molecule has 1 aliphatic heterocycles. The van der Waals surface area contributed by atoms with Gasteiger partial charge in [0.05, 0.1) is 25.5 Å². The summed E-state index contributed by atoms with van der Waals surface area (Å²) in [6, 6.07) is 5.67. The number of nitrogens with zero attached hydrogens (tertiary/aromatic N) is 2. The first-order valence-electron chi connectivity index (χ1n) is 9.98. The second kappa shape index (κ2) is 10.4. The summed E-state index contributed by atoms with van der Waals surface area (Å²) in [7, 11) is 0. The summed E-state index contributed by atoms with van der Waals surface area (Å²) in [4.78, 5) is 31.2.